The SMILES string of the molecule is Cc1ccc2oc(C(=O)N3CCC(c4cc(N(C)C)nc(-c5cccnc5)n4)CC3)cc2c1. The summed E-state index contributed by atoms with van der Waals surface area (Å²) in [7, 11) is 3.96. The van der Waals surface area contributed by atoms with Crippen LogP contribution in [-0.2, 0) is 0 Å². The van der Waals surface area contributed by atoms with Crippen molar-refractivity contribution in [2.24, 2.45) is 0 Å². The number of fused-ring (bicyclic) bond motifs is 1. The van der Waals surface area contributed by atoms with E-state index in [4.69, 9.17) is 14.4 Å². The lowest BCUT2D eigenvalue weighted by Crippen LogP contribution is -2.38. The molecule has 4 heterocycles. The number of aromatic nitrogens is 3. The predicted molar refractivity (Wildman–Crippen MR) is 128 cm³/mol. The molecule has 0 aliphatic carbocycles. The molecule has 4 aromatic rings. The minimum Gasteiger partial charge on any atom is -0.451 e. The summed E-state index contributed by atoms with van der Waals surface area (Å²) in [6, 6.07) is 13.7. The third-order valence-electron chi connectivity index (χ3n) is 6.19. The van der Waals surface area contributed by atoms with E-state index in [2.05, 4.69) is 11.1 Å². The summed E-state index contributed by atoms with van der Waals surface area (Å²) in [4.78, 5) is 30.7. The fraction of sp³-hybridized carbons (Fsp3) is 0.308. The monoisotopic (exact) mass is 441 g/mol. The average Bonchev–Trinajstić information content (AvgIpc) is 3.27. The zero-order valence-electron chi connectivity index (χ0n) is 19.2. The van der Waals surface area contributed by atoms with Crippen molar-refractivity contribution in [3.05, 3.63) is 71.9 Å². The van der Waals surface area contributed by atoms with E-state index in [1.807, 2.05) is 67.2 Å². The molecule has 0 spiro atoms. The van der Waals surface area contributed by atoms with Crippen molar-refractivity contribution in [1.29, 1.82) is 0 Å². The van der Waals surface area contributed by atoms with E-state index >= 15 is 0 Å². The first-order valence-corrected chi connectivity index (χ1v) is 11.2. The quantitative estimate of drug-likeness (QED) is 0.458. The van der Waals surface area contributed by atoms with Gasteiger partial charge in [-0.25, -0.2) is 9.97 Å². The highest BCUT2D eigenvalue weighted by Crippen LogP contribution is 2.31. The molecule has 1 aliphatic heterocycles. The molecule has 3 aromatic heterocycles. The molecule has 0 radical (unpaired) electrons. The second-order valence-corrected chi connectivity index (χ2v) is 8.83. The molecule has 1 saturated heterocycles. The van der Waals surface area contributed by atoms with E-state index in [0.29, 0.717) is 24.7 Å². The van der Waals surface area contributed by atoms with Gasteiger partial charge in [0.25, 0.3) is 5.91 Å². The number of amides is 1. The Labute approximate surface area is 193 Å². The molecular weight excluding hydrogens is 414 g/mol. The maximum Gasteiger partial charge on any atom is 0.289 e. The van der Waals surface area contributed by atoms with Crippen LogP contribution in [0.4, 0.5) is 5.82 Å². The zero-order valence-corrected chi connectivity index (χ0v) is 19.2. The van der Waals surface area contributed by atoms with Crippen LogP contribution in [0.3, 0.4) is 0 Å². The molecule has 0 atom stereocenters. The minimum atomic E-state index is -0.0463. The second-order valence-electron chi connectivity index (χ2n) is 8.83. The molecule has 168 valence electrons. The van der Waals surface area contributed by atoms with Crippen LogP contribution in [0.25, 0.3) is 22.4 Å². The fourth-order valence-corrected chi connectivity index (χ4v) is 4.32. The largest absolute Gasteiger partial charge is 0.451 e. The van der Waals surface area contributed by atoms with Crippen LogP contribution in [0.15, 0.2) is 59.3 Å². The number of carbonyl (C=O) groups excluding carboxylic acids is 1. The van der Waals surface area contributed by atoms with Gasteiger partial charge >= 0.3 is 0 Å². The summed E-state index contributed by atoms with van der Waals surface area (Å²) in [6.45, 7) is 3.37. The van der Waals surface area contributed by atoms with E-state index in [1.165, 1.54) is 0 Å². The molecule has 7 nitrogen and oxygen atoms in total. The number of likely N-dealkylation sites (tertiary alicyclic amines) is 1. The lowest BCUT2D eigenvalue weighted by molar-refractivity contribution is 0.0682. The van der Waals surface area contributed by atoms with Gasteiger partial charge in [0, 0.05) is 68.2 Å². The molecule has 33 heavy (non-hydrogen) atoms. The predicted octanol–water partition coefficient (Wildman–Crippen LogP) is 4.68. The second kappa shape index (κ2) is 8.65. The lowest BCUT2D eigenvalue weighted by Gasteiger charge is -2.31. The molecule has 0 N–H and O–H groups in total. The number of carbonyl (C=O) groups is 1. The van der Waals surface area contributed by atoms with Gasteiger partial charge in [0.05, 0.1) is 0 Å². The highest BCUT2D eigenvalue weighted by molar-refractivity contribution is 5.96. The molecule has 0 unspecified atom stereocenters. The van der Waals surface area contributed by atoms with Gasteiger partial charge in [0.1, 0.15) is 11.4 Å². The highest BCUT2D eigenvalue weighted by atomic mass is 16.3. The number of benzene rings is 1. The maximum atomic E-state index is 13.1. The number of aryl methyl sites for hydroxylation is 1. The third kappa shape index (κ3) is 4.31. The summed E-state index contributed by atoms with van der Waals surface area (Å²) in [5, 5.41) is 0.966. The Morgan fingerprint density at radius 1 is 1.09 bits per heavy atom. The summed E-state index contributed by atoms with van der Waals surface area (Å²) in [6.07, 6.45) is 5.23. The summed E-state index contributed by atoms with van der Waals surface area (Å²) < 4.78 is 5.83. The van der Waals surface area contributed by atoms with Gasteiger partial charge in [-0.15, -0.1) is 0 Å². The Balaban J connectivity index is 1.34. The number of hydrogen-bond donors (Lipinski definition) is 0. The van der Waals surface area contributed by atoms with Gasteiger partial charge in [-0.2, -0.15) is 0 Å². The average molecular weight is 442 g/mol. The molecule has 0 bridgehead atoms. The van der Waals surface area contributed by atoms with Gasteiger partial charge in [0.15, 0.2) is 11.6 Å². The van der Waals surface area contributed by atoms with Crippen LogP contribution in [0.1, 0.15) is 40.6 Å². The van der Waals surface area contributed by atoms with Crippen molar-refractivity contribution in [2.45, 2.75) is 25.7 Å². The first-order chi connectivity index (χ1) is 16.0. The first kappa shape index (κ1) is 21.1. The first-order valence-electron chi connectivity index (χ1n) is 11.2. The summed E-state index contributed by atoms with van der Waals surface area (Å²) in [5.41, 5.74) is 3.81. The van der Waals surface area contributed by atoms with E-state index in [0.717, 1.165) is 46.4 Å². The topological polar surface area (TPSA) is 75.4 Å². The number of hydrogen-bond acceptors (Lipinski definition) is 6. The van der Waals surface area contributed by atoms with Crippen molar-refractivity contribution >= 4 is 22.7 Å². The molecule has 1 amide bonds. The Morgan fingerprint density at radius 2 is 1.91 bits per heavy atom. The van der Waals surface area contributed by atoms with Crippen molar-refractivity contribution < 1.29 is 9.21 Å². The Hall–Kier alpha value is -3.74. The lowest BCUT2D eigenvalue weighted by atomic mass is 9.93. The number of rotatable bonds is 4. The van der Waals surface area contributed by atoms with Crippen molar-refractivity contribution in [2.75, 3.05) is 32.1 Å². The van der Waals surface area contributed by atoms with Crippen LogP contribution in [0.2, 0.25) is 0 Å². The Kier molecular flexibility index (Phi) is 5.54. The molecule has 7 heteroatoms. The molecule has 0 saturated carbocycles. The molecular formula is C26H27N5O2. The van der Waals surface area contributed by atoms with Crippen LogP contribution in [0.5, 0.6) is 0 Å². The van der Waals surface area contributed by atoms with Crippen molar-refractivity contribution in [3.8, 4) is 11.4 Å². The third-order valence-corrected chi connectivity index (χ3v) is 6.19. The van der Waals surface area contributed by atoms with E-state index in [-0.39, 0.29) is 11.8 Å². The number of piperidine rings is 1. The van der Waals surface area contributed by atoms with Crippen LogP contribution >= 0.6 is 0 Å². The van der Waals surface area contributed by atoms with Gasteiger partial charge < -0.3 is 14.2 Å². The Bertz CT molecular complexity index is 1290. The normalized spacial score (nSPS) is 14.6. The van der Waals surface area contributed by atoms with Crippen LogP contribution in [0, 0.1) is 6.92 Å². The van der Waals surface area contributed by atoms with Crippen LogP contribution < -0.4 is 4.90 Å². The van der Waals surface area contributed by atoms with Crippen molar-refractivity contribution in [3.63, 3.8) is 0 Å². The summed E-state index contributed by atoms with van der Waals surface area (Å²) >= 11 is 0. The van der Waals surface area contributed by atoms with Gasteiger partial charge in [0.2, 0.25) is 0 Å². The van der Waals surface area contributed by atoms with Crippen LogP contribution in [-0.4, -0.2) is 52.9 Å². The number of anilines is 1. The highest BCUT2D eigenvalue weighted by Gasteiger charge is 2.28. The number of furan rings is 1. The number of nitrogens with zero attached hydrogens (tertiary/aromatic N) is 5. The zero-order chi connectivity index (χ0) is 22.9. The van der Waals surface area contributed by atoms with E-state index < -0.39 is 0 Å². The van der Waals surface area contributed by atoms with E-state index in [9.17, 15) is 4.79 Å². The molecule has 5 rings (SSSR count). The van der Waals surface area contributed by atoms with Gasteiger partial charge in [-0.3, -0.25) is 9.78 Å². The maximum absolute atomic E-state index is 13.1. The fourth-order valence-electron chi connectivity index (χ4n) is 4.32. The smallest absolute Gasteiger partial charge is 0.289 e. The minimum absolute atomic E-state index is 0.0463. The summed E-state index contributed by atoms with van der Waals surface area (Å²) in [5.74, 6) is 2.18. The standard InChI is InChI=1S/C26H27N5O2/c1-17-6-7-22-20(13-17)14-23(33-22)26(32)31-11-8-18(9-12-31)21-15-24(30(2)3)29-25(28-21)19-5-4-10-27-16-19/h4-7,10,13-16,18H,8-9,11-12H2,1-3H3. The molecule has 1 fully saturated rings. The van der Waals surface area contributed by atoms with E-state index in [1.54, 1.807) is 12.4 Å². The van der Waals surface area contributed by atoms with Crippen molar-refractivity contribution in [1.82, 2.24) is 19.9 Å². The van der Waals surface area contributed by atoms with Gasteiger partial charge in [-0.1, -0.05) is 11.6 Å². The Morgan fingerprint density at radius 3 is 2.64 bits per heavy atom. The van der Waals surface area contributed by atoms with Gasteiger partial charge in [-0.05, 0) is 50.1 Å². The molecule has 1 aliphatic rings. The number of pyridine rings is 1. The molecule has 1 aromatic carbocycles.